The van der Waals surface area contributed by atoms with Crippen LogP contribution in [0.25, 0.3) is 10.9 Å². The molecule has 10 heteroatoms. The number of aryl methyl sites for hydroxylation is 2. The van der Waals surface area contributed by atoms with Crippen molar-refractivity contribution in [2.24, 2.45) is 0 Å². The minimum absolute atomic E-state index is 0.0873. The van der Waals surface area contributed by atoms with Gasteiger partial charge in [0.2, 0.25) is 11.8 Å². The number of aromatic amines is 1. The van der Waals surface area contributed by atoms with Crippen LogP contribution in [0.4, 0.5) is 4.39 Å². The maximum atomic E-state index is 13.7. The van der Waals surface area contributed by atoms with E-state index in [2.05, 4.69) is 25.2 Å². The molecule has 0 spiro atoms. The van der Waals surface area contributed by atoms with Gasteiger partial charge in [0.25, 0.3) is 0 Å². The van der Waals surface area contributed by atoms with Crippen LogP contribution in [0.5, 0.6) is 0 Å². The minimum Gasteiger partial charge on any atom is -0.358 e. The van der Waals surface area contributed by atoms with E-state index >= 15 is 0 Å². The smallest absolute Gasteiger partial charge is 0.239 e. The summed E-state index contributed by atoms with van der Waals surface area (Å²) in [5, 5.41) is 11.0. The van der Waals surface area contributed by atoms with Crippen LogP contribution in [0.3, 0.4) is 0 Å². The number of piperazine rings is 1. The molecular formula is C21H25FN6O3. The average molecular weight is 428 g/mol. The van der Waals surface area contributed by atoms with Crippen molar-refractivity contribution in [2.45, 2.75) is 32.9 Å². The fraction of sp³-hybridized carbons (Fsp3) is 0.429. The molecule has 1 fully saturated rings. The average Bonchev–Trinajstić information content (AvgIpc) is 3.29. The summed E-state index contributed by atoms with van der Waals surface area (Å²) in [5.74, 6) is -0.613. The van der Waals surface area contributed by atoms with Gasteiger partial charge in [0, 0.05) is 36.2 Å². The molecule has 0 aliphatic carbocycles. The largest absolute Gasteiger partial charge is 0.358 e. The molecule has 2 amide bonds. The Morgan fingerprint density at radius 3 is 2.84 bits per heavy atom. The molecule has 164 valence electrons. The van der Waals surface area contributed by atoms with Crippen molar-refractivity contribution < 1.29 is 18.6 Å². The Kier molecular flexibility index (Phi) is 5.73. The number of H-pyrrole nitrogens is 1. The predicted molar refractivity (Wildman–Crippen MR) is 111 cm³/mol. The van der Waals surface area contributed by atoms with Crippen LogP contribution in [0.2, 0.25) is 0 Å². The molecule has 2 N–H and O–H groups in total. The molecule has 0 radical (unpaired) electrons. The molecule has 1 atom stereocenters. The number of carbonyl (C=O) groups excluding carboxylic acids is 2. The number of aromatic nitrogens is 3. The summed E-state index contributed by atoms with van der Waals surface area (Å²) in [6, 6.07) is 4.04. The van der Waals surface area contributed by atoms with Crippen molar-refractivity contribution in [1.82, 2.24) is 30.4 Å². The number of rotatable bonds is 5. The summed E-state index contributed by atoms with van der Waals surface area (Å²) in [6.07, 6.45) is 0.150. The number of fused-ring (bicyclic) bond motifs is 1. The molecule has 0 saturated carbocycles. The first-order valence-electron chi connectivity index (χ1n) is 10.1. The predicted octanol–water partition coefficient (Wildman–Crippen LogP) is 1.31. The lowest BCUT2D eigenvalue weighted by Gasteiger charge is -2.38. The van der Waals surface area contributed by atoms with E-state index in [9.17, 15) is 14.0 Å². The molecule has 1 aliphatic rings. The maximum absolute atomic E-state index is 13.7. The van der Waals surface area contributed by atoms with Crippen molar-refractivity contribution in [1.29, 1.82) is 0 Å². The molecule has 0 bridgehead atoms. The Hall–Kier alpha value is -3.27. The Labute approximate surface area is 178 Å². The summed E-state index contributed by atoms with van der Waals surface area (Å²) in [4.78, 5) is 32.6. The SMILES string of the molecule is Cc1nonc1CNC(=O)[C@@H]1CN(C(=O)Cc2c(C)[nH]c3ccc(F)cc23)CCN1C. The van der Waals surface area contributed by atoms with E-state index in [4.69, 9.17) is 0 Å². The van der Waals surface area contributed by atoms with Crippen LogP contribution in [-0.4, -0.2) is 69.6 Å². The molecule has 1 saturated heterocycles. The van der Waals surface area contributed by atoms with Gasteiger partial charge in [-0.1, -0.05) is 10.3 Å². The number of hydrogen-bond donors (Lipinski definition) is 2. The first-order valence-corrected chi connectivity index (χ1v) is 10.1. The number of amides is 2. The first-order chi connectivity index (χ1) is 14.8. The molecule has 2 aromatic heterocycles. The van der Waals surface area contributed by atoms with E-state index in [1.165, 1.54) is 12.1 Å². The number of nitrogens with one attached hydrogen (secondary N) is 2. The van der Waals surface area contributed by atoms with E-state index in [-0.39, 0.29) is 37.1 Å². The summed E-state index contributed by atoms with van der Waals surface area (Å²) in [6.45, 7) is 5.24. The topological polar surface area (TPSA) is 107 Å². The second-order valence-electron chi connectivity index (χ2n) is 7.95. The maximum Gasteiger partial charge on any atom is 0.239 e. The molecule has 0 unspecified atom stereocenters. The van der Waals surface area contributed by atoms with Crippen LogP contribution in [0, 0.1) is 19.7 Å². The van der Waals surface area contributed by atoms with Gasteiger partial charge in [0.15, 0.2) is 0 Å². The molecule has 3 heterocycles. The van der Waals surface area contributed by atoms with E-state index in [1.807, 2.05) is 18.9 Å². The number of hydrogen-bond acceptors (Lipinski definition) is 6. The fourth-order valence-electron chi connectivity index (χ4n) is 3.93. The van der Waals surface area contributed by atoms with Gasteiger partial charge in [-0.05, 0) is 44.7 Å². The van der Waals surface area contributed by atoms with Crippen LogP contribution in [-0.2, 0) is 22.6 Å². The Morgan fingerprint density at radius 2 is 2.10 bits per heavy atom. The lowest BCUT2D eigenvalue weighted by molar-refractivity contribution is -0.137. The summed E-state index contributed by atoms with van der Waals surface area (Å²) in [7, 11) is 1.86. The van der Waals surface area contributed by atoms with Gasteiger partial charge in [-0.3, -0.25) is 14.5 Å². The standard InChI is InChI=1S/C21H25FN6O3/c1-12-15(16-8-14(22)4-5-17(16)24-12)9-20(29)28-7-6-27(3)19(11-28)21(30)23-10-18-13(2)25-31-26-18/h4-5,8,19,24H,6-7,9-11H2,1-3H3,(H,23,30)/t19-/m0/s1. The highest BCUT2D eigenvalue weighted by molar-refractivity contribution is 5.90. The quantitative estimate of drug-likeness (QED) is 0.635. The van der Waals surface area contributed by atoms with Crippen molar-refractivity contribution in [3.8, 4) is 0 Å². The van der Waals surface area contributed by atoms with Gasteiger partial charge in [-0.25, -0.2) is 9.02 Å². The monoisotopic (exact) mass is 428 g/mol. The van der Waals surface area contributed by atoms with Gasteiger partial charge < -0.3 is 15.2 Å². The van der Waals surface area contributed by atoms with Crippen molar-refractivity contribution in [2.75, 3.05) is 26.7 Å². The highest BCUT2D eigenvalue weighted by Crippen LogP contribution is 2.24. The zero-order valence-corrected chi connectivity index (χ0v) is 17.7. The lowest BCUT2D eigenvalue weighted by atomic mass is 10.1. The van der Waals surface area contributed by atoms with Crippen molar-refractivity contribution >= 4 is 22.7 Å². The third-order valence-corrected chi connectivity index (χ3v) is 5.89. The van der Waals surface area contributed by atoms with E-state index in [0.29, 0.717) is 29.9 Å². The van der Waals surface area contributed by atoms with Gasteiger partial charge in [-0.15, -0.1) is 0 Å². The Morgan fingerprint density at radius 1 is 1.29 bits per heavy atom. The Bertz CT molecular complexity index is 1120. The zero-order chi connectivity index (χ0) is 22.1. The second-order valence-corrected chi connectivity index (χ2v) is 7.95. The summed E-state index contributed by atoms with van der Waals surface area (Å²) in [5.41, 5.74) is 3.62. The highest BCUT2D eigenvalue weighted by atomic mass is 19.1. The van der Waals surface area contributed by atoms with Gasteiger partial charge in [-0.2, -0.15) is 0 Å². The normalized spacial score (nSPS) is 17.3. The molecule has 9 nitrogen and oxygen atoms in total. The fourth-order valence-corrected chi connectivity index (χ4v) is 3.93. The zero-order valence-electron chi connectivity index (χ0n) is 17.7. The highest BCUT2D eigenvalue weighted by Gasteiger charge is 2.32. The lowest BCUT2D eigenvalue weighted by Crippen LogP contribution is -2.58. The molecular weight excluding hydrogens is 403 g/mol. The van der Waals surface area contributed by atoms with Crippen LogP contribution in [0.15, 0.2) is 22.8 Å². The molecule has 31 heavy (non-hydrogen) atoms. The van der Waals surface area contributed by atoms with Gasteiger partial charge in [0.1, 0.15) is 23.2 Å². The van der Waals surface area contributed by atoms with E-state index in [0.717, 1.165) is 16.8 Å². The van der Waals surface area contributed by atoms with Crippen LogP contribution in [0.1, 0.15) is 22.6 Å². The van der Waals surface area contributed by atoms with Crippen molar-refractivity contribution in [3.05, 3.63) is 46.7 Å². The number of likely N-dealkylation sites (N-methyl/N-ethyl adjacent to an activating group) is 1. The van der Waals surface area contributed by atoms with E-state index < -0.39 is 6.04 Å². The molecule has 3 aromatic rings. The third-order valence-electron chi connectivity index (χ3n) is 5.89. The van der Waals surface area contributed by atoms with Crippen molar-refractivity contribution in [3.63, 3.8) is 0 Å². The van der Waals surface area contributed by atoms with Crippen LogP contribution >= 0.6 is 0 Å². The third kappa shape index (κ3) is 4.29. The number of halogens is 1. The molecule has 4 rings (SSSR count). The van der Waals surface area contributed by atoms with Gasteiger partial charge >= 0.3 is 0 Å². The Balaban J connectivity index is 1.43. The number of carbonyl (C=O) groups is 2. The number of benzene rings is 1. The van der Waals surface area contributed by atoms with Gasteiger partial charge in [0.05, 0.1) is 13.0 Å². The molecule has 1 aromatic carbocycles. The summed E-state index contributed by atoms with van der Waals surface area (Å²) >= 11 is 0. The number of nitrogens with zero attached hydrogens (tertiary/aromatic N) is 4. The first kappa shape index (κ1) is 21.0. The van der Waals surface area contributed by atoms with E-state index in [1.54, 1.807) is 17.9 Å². The minimum atomic E-state index is -0.473. The second kappa shape index (κ2) is 8.46. The van der Waals surface area contributed by atoms with Crippen LogP contribution < -0.4 is 5.32 Å². The molecule has 1 aliphatic heterocycles. The summed E-state index contributed by atoms with van der Waals surface area (Å²) < 4.78 is 18.4.